The van der Waals surface area contributed by atoms with Gasteiger partial charge in [0.15, 0.2) is 0 Å². The molecule has 1 aromatic rings. The van der Waals surface area contributed by atoms with E-state index in [9.17, 15) is 13.2 Å². The summed E-state index contributed by atoms with van der Waals surface area (Å²) in [5, 5.41) is 0.147. The van der Waals surface area contributed by atoms with Crippen molar-refractivity contribution in [2.75, 3.05) is 13.7 Å². The van der Waals surface area contributed by atoms with E-state index in [1.807, 2.05) is 0 Å². The molecular formula is C13H17ClN2O4S. The van der Waals surface area contributed by atoms with Crippen LogP contribution >= 0.6 is 11.6 Å². The molecule has 0 heterocycles. The Labute approximate surface area is 128 Å². The van der Waals surface area contributed by atoms with Gasteiger partial charge >= 0.3 is 5.97 Å². The first-order chi connectivity index (χ1) is 9.87. The predicted octanol–water partition coefficient (Wildman–Crippen LogP) is 1.14. The molecule has 21 heavy (non-hydrogen) atoms. The Bertz CT molecular complexity index is 644. The number of esters is 1. The Morgan fingerprint density at radius 1 is 1.48 bits per heavy atom. The zero-order valence-corrected chi connectivity index (χ0v) is 13.1. The molecule has 1 saturated carbocycles. The van der Waals surface area contributed by atoms with E-state index in [1.54, 1.807) is 0 Å². The topological polar surface area (TPSA) is 98.5 Å². The van der Waals surface area contributed by atoms with Crippen LogP contribution in [0.1, 0.15) is 23.2 Å². The van der Waals surface area contributed by atoms with Gasteiger partial charge < -0.3 is 10.5 Å². The lowest BCUT2D eigenvalue weighted by Crippen LogP contribution is -2.41. The molecule has 3 N–H and O–H groups in total. The highest BCUT2D eigenvalue weighted by Crippen LogP contribution is 2.33. The lowest BCUT2D eigenvalue weighted by atomic mass is 10.2. The number of hydrogen-bond donors (Lipinski definition) is 2. The van der Waals surface area contributed by atoms with Crippen LogP contribution in [0.2, 0.25) is 5.02 Å². The Kier molecular flexibility index (Phi) is 4.88. The largest absolute Gasteiger partial charge is 0.465 e. The number of carbonyl (C=O) groups excluding carboxylic acids is 1. The van der Waals surface area contributed by atoms with Crippen molar-refractivity contribution in [2.45, 2.75) is 23.8 Å². The molecule has 0 spiro atoms. The fraction of sp³-hybridized carbons (Fsp3) is 0.462. The number of carbonyl (C=O) groups is 1. The number of halogens is 1. The second-order valence-electron chi connectivity index (χ2n) is 4.97. The van der Waals surface area contributed by atoms with Crippen molar-refractivity contribution >= 4 is 27.6 Å². The van der Waals surface area contributed by atoms with Crippen LogP contribution in [0.5, 0.6) is 0 Å². The molecule has 6 nitrogen and oxygen atoms in total. The molecule has 0 amide bonds. The van der Waals surface area contributed by atoms with E-state index in [2.05, 4.69) is 9.46 Å². The number of methoxy groups -OCH3 is 1. The summed E-state index contributed by atoms with van der Waals surface area (Å²) in [6.07, 6.45) is 1.93. The molecule has 0 aromatic heterocycles. The van der Waals surface area contributed by atoms with Crippen molar-refractivity contribution in [3.05, 3.63) is 28.8 Å². The molecule has 2 rings (SSSR count). The quantitative estimate of drug-likeness (QED) is 0.761. The number of sulfonamides is 1. The minimum Gasteiger partial charge on any atom is -0.465 e. The van der Waals surface area contributed by atoms with Crippen molar-refractivity contribution in [1.29, 1.82) is 0 Å². The lowest BCUT2D eigenvalue weighted by molar-refractivity contribution is 0.0600. The van der Waals surface area contributed by atoms with E-state index in [1.165, 1.54) is 25.3 Å². The summed E-state index contributed by atoms with van der Waals surface area (Å²) in [7, 11) is -2.57. The van der Waals surface area contributed by atoms with Crippen LogP contribution in [0.4, 0.5) is 0 Å². The van der Waals surface area contributed by atoms with Gasteiger partial charge in [-0.3, -0.25) is 0 Å². The molecule has 1 aliphatic rings. The average molecular weight is 333 g/mol. The lowest BCUT2D eigenvalue weighted by Gasteiger charge is -2.16. The summed E-state index contributed by atoms with van der Waals surface area (Å²) in [4.78, 5) is 11.5. The van der Waals surface area contributed by atoms with Crippen molar-refractivity contribution in [3.63, 3.8) is 0 Å². The summed E-state index contributed by atoms with van der Waals surface area (Å²) in [6.45, 7) is 0.230. The van der Waals surface area contributed by atoms with Crippen LogP contribution in [0.15, 0.2) is 23.1 Å². The van der Waals surface area contributed by atoms with Gasteiger partial charge in [-0.1, -0.05) is 11.6 Å². The van der Waals surface area contributed by atoms with Gasteiger partial charge in [-0.2, -0.15) is 0 Å². The first-order valence-electron chi connectivity index (χ1n) is 6.48. The number of benzene rings is 1. The third kappa shape index (κ3) is 3.94. The number of hydrogen-bond acceptors (Lipinski definition) is 5. The third-order valence-corrected chi connectivity index (χ3v) is 5.04. The standard InChI is InChI=1S/C13H17ClN2O4S/c1-20-13(17)9-4-10(14)6-11(5-9)21(18,19)16-12(7-15)8-2-3-8/h4-6,8,12,16H,2-3,7,15H2,1H3. The van der Waals surface area contributed by atoms with Gasteiger partial charge in [0.05, 0.1) is 17.6 Å². The second kappa shape index (κ2) is 6.31. The summed E-state index contributed by atoms with van der Waals surface area (Å²) in [5.41, 5.74) is 5.69. The van der Waals surface area contributed by atoms with Gasteiger partial charge in [0.1, 0.15) is 0 Å². The summed E-state index contributed by atoms with van der Waals surface area (Å²) < 4.78 is 31.9. The first-order valence-corrected chi connectivity index (χ1v) is 8.35. The van der Waals surface area contributed by atoms with Gasteiger partial charge in [0, 0.05) is 17.6 Å². The third-order valence-electron chi connectivity index (χ3n) is 3.35. The maximum absolute atomic E-state index is 12.4. The van der Waals surface area contributed by atoms with Gasteiger partial charge in [-0.15, -0.1) is 0 Å². The Morgan fingerprint density at radius 3 is 2.67 bits per heavy atom. The van der Waals surface area contributed by atoms with E-state index in [-0.39, 0.29) is 34.0 Å². The molecule has 0 radical (unpaired) electrons. The Balaban J connectivity index is 2.30. The zero-order chi connectivity index (χ0) is 15.6. The predicted molar refractivity (Wildman–Crippen MR) is 78.7 cm³/mol. The monoisotopic (exact) mass is 332 g/mol. The molecule has 116 valence electrons. The fourth-order valence-electron chi connectivity index (χ4n) is 2.06. The maximum Gasteiger partial charge on any atom is 0.337 e. The van der Waals surface area contributed by atoms with Crippen molar-refractivity contribution in [2.24, 2.45) is 11.7 Å². The summed E-state index contributed by atoms with van der Waals surface area (Å²) >= 11 is 5.88. The van der Waals surface area contributed by atoms with Gasteiger partial charge in [0.25, 0.3) is 0 Å². The minimum atomic E-state index is -3.79. The molecule has 1 aromatic carbocycles. The van der Waals surface area contributed by atoms with Crippen LogP contribution < -0.4 is 10.5 Å². The van der Waals surface area contributed by atoms with E-state index >= 15 is 0 Å². The summed E-state index contributed by atoms with van der Waals surface area (Å²) in [5.74, 6) is -0.365. The molecule has 0 saturated heterocycles. The molecular weight excluding hydrogens is 316 g/mol. The maximum atomic E-state index is 12.4. The Hall–Kier alpha value is -1.15. The minimum absolute atomic E-state index is 0.0745. The zero-order valence-electron chi connectivity index (χ0n) is 11.5. The molecule has 1 fully saturated rings. The fourth-order valence-corrected chi connectivity index (χ4v) is 3.74. The van der Waals surface area contributed by atoms with Gasteiger partial charge in [0.2, 0.25) is 10.0 Å². The van der Waals surface area contributed by atoms with Crippen LogP contribution in [0.25, 0.3) is 0 Å². The molecule has 8 heteroatoms. The second-order valence-corrected chi connectivity index (χ2v) is 7.12. The van der Waals surface area contributed by atoms with E-state index in [0.29, 0.717) is 0 Å². The molecule has 1 atom stereocenters. The Morgan fingerprint density at radius 2 is 2.14 bits per heavy atom. The summed E-state index contributed by atoms with van der Waals surface area (Å²) in [6, 6.07) is 3.58. The van der Waals surface area contributed by atoms with E-state index in [4.69, 9.17) is 17.3 Å². The highest BCUT2D eigenvalue weighted by molar-refractivity contribution is 7.89. The SMILES string of the molecule is COC(=O)c1cc(Cl)cc(S(=O)(=O)NC(CN)C2CC2)c1. The number of ether oxygens (including phenoxy) is 1. The molecule has 1 unspecified atom stereocenters. The van der Waals surface area contributed by atoms with Crippen molar-refractivity contribution in [3.8, 4) is 0 Å². The number of rotatable bonds is 6. The first kappa shape index (κ1) is 16.2. The van der Waals surface area contributed by atoms with Crippen LogP contribution in [-0.2, 0) is 14.8 Å². The molecule has 0 bridgehead atoms. The van der Waals surface area contributed by atoms with Gasteiger partial charge in [-0.25, -0.2) is 17.9 Å². The highest BCUT2D eigenvalue weighted by atomic mass is 35.5. The number of nitrogens with one attached hydrogen (secondary N) is 1. The van der Waals surface area contributed by atoms with Crippen LogP contribution in [0.3, 0.4) is 0 Å². The smallest absolute Gasteiger partial charge is 0.337 e. The van der Waals surface area contributed by atoms with Gasteiger partial charge in [-0.05, 0) is 37.0 Å². The van der Waals surface area contributed by atoms with E-state index < -0.39 is 16.0 Å². The average Bonchev–Trinajstić information content (AvgIpc) is 3.27. The van der Waals surface area contributed by atoms with Crippen molar-refractivity contribution in [1.82, 2.24) is 4.72 Å². The van der Waals surface area contributed by atoms with Crippen molar-refractivity contribution < 1.29 is 17.9 Å². The number of nitrogens with two attached hydrogens (primary N) is 1. The highest BCUT2D eigenvalue weighted by Gasteiger charge is 2.33. The molecule has 0 aliphatic heterocycles. The molecule has 1 aliphatic carbocycles. The normalized spacial score (nSPS) is 16.5. The van der Waals surface area contributed by atoms with Crippen LogP contribution in [-0.4, -0.2) is 34.1 Å². The van der Waals surface area contributed by atoms with E-state index in [0.717, 1.165) is 12.8 Å². The van der Waals surface area contributed by atoms with Crippen LogP contribution in [0, 0.1) is 5.92 Å².